The lowest BCUT2D eigenvalue weighted by molar-refractivity contribution is -0.115. The SMILES string of the molecule is O=C(Cc1ccc(F)cc1)Nc1ncccc1CO. The molecule has 0 aliphatic rings. The van der Waals surface area contributed by atoms with E-state index >= 15 is 0 Å². The molecule has 1 heterocycles. The predicted octanol–water partition coefficient (Wildman–Crippen LogP) is 1.89. The number of nitrogens with one attached hydrogen (secondary N) is 1. The summed E-state index contributed by atoms with van der Waals surface area (Å²) in [6.07, 6.45) is 1.66. The van der Waals surface area contributed by atoms with Gasteiger partial charge >= 0.3 is 0 Å². The molecule has 4 nitrogen and oxygen atoms in total. The number of halogens is 1. The maximum atomic E-state index is 12.7. The van der Waals surface area contributed by atoms with Crippen molar-refractivity contribution >= 4 is 11.7 Å². The molecular weight excluding hydrogens is 247 g/mol. The molecule has 5 heteroatoms. The van der Waals surface area contributed by atoms with Crippen LogP contribution in [0.2, 0.25) is 0 Å². The largest absolute Gasteiger partial charge is 0.392 e. The first kappa shape index (κ1) is 13.2. The van der Waals surface area contributed by atoms with Gasteiger partial charge in [0.1, 0.15) is 11.6 Å². The molecule has 0 radical (unpaired) electrons. The second kappa shape index (κ2) is 6.06. The van der Waals surface area contributed by atoms with E-state index in [1.165, 1.54) is 18.3 Å². The zero-order chi connectivity index (χ0) is 13.7. The van der Waals surface area contributed by atoms with Crippen LogP contribution in [-0.4, -0.2) is 16.0 Å². The normalized spacial score (nSPS) is 10.2. The van der Waals surface area contributed by atoms with Crippen LogP contribution in [0.1, 0.15) is 11.1 Å². The Labute approximate surface area is 109 Å². The van der Waals surface area contributed by atoms with Crippen molar-refractivity contribution < 1.29 is 14.3 Å². The van der Waals surface area contributed by atoms with Crippen LogP contribution in [0.25, 0.3) is 0 Å². The fourth-order valence-electron chi connectivity index (χ4n) is 1.64. The molecule has 2 N–H and O–H groups in total. The highest BCUT2D eigenvalue weighted by atomic mass is 19.1. The Bertz CT molecular complexity index is 570. The average Bonchev–Trinajstić information content (AvgIpc) is 2.42. The summed E-state index contributed by atoms with van der Waals surface area (Å²) in [6.45, 7) is -0.194. The number of hydrogen-bond donors (Lipinski definition) is 2. The smallest absolute Gasteiger partial charge is 0.229 e. The molecule has 2 rings (SSSR count). The Morgan fingerprint density at radius 2 is 2.00 bits per heavy atom. The first-order valence-corrected chi connectivity index (χ1v) is 5.78. The topological polar surface area (TPSA) is 62.2 Å². The minimum atomic E-state index is -0.337. The van der Waals surface area contributed by atoms with E-state index in [1.54, 1.807) is 24.3 Å². The van der Waals surface area contributed by atoms with Crippen LogP contribution in [0.15, 0.2) is 42.6 Å². The second-order valence-corrected chi connectivity index (χ2v) is 4.02. The van der Waals surface area contributed by atoms with Crippen LogP contribution in [-0.2, 0) is 17.8 Å². The number of benzene rings is 1. The maximum Gasteiger partial charge on any atom is 0.229 e. The van der Waals surface area contributed by atoms with Crippen LogP contribution in [0.5, 0.6) is 0 Å². The van der Waals surface area contributed by atoms with Crippen molar-refractivity contribution in [3.63, 3.8) is 0 Å². The van der Waals surface area contributed by atoms with E-state index in [0.29, 0.717) is 16.9 Å². The Balaban J connectivity index is 2.03. The van der Waals surface area contributed by atoms with Gasteiger partial charge in [0.2, 0.25) is 5.91 Å². The van der Waals surface area contributed by atoms with Gasteiger partial charge in [-0.2, -0.15) is 0 Å². The molecule has 0 aliphatic carbocycles. The third-order valence-electron chi connectivity index (χ3n) is 2.60. The maximum absolute atomic E-state index is 12.7. The van der Waals surface area contributed by atoms with Crippen molar-refractivity contribution in [3.05, 3.63) is 59.5 Å². The summed E-state index contributed by atoms with van der Waals surface area (Å²) < 4.78 is 12.7. The minimum absolute atomic E-state index is 0.127. The van der Waals surface area contributed by atoms with Gasteiger partial charge in [0, 0.05) is 11.8 Å². The highest BCUT2D eigenvalue weighted by Crippen LogP contribution is 2.12. The first-order chi connectivity index (χ1) is 9.19. The molecule has 19 heavy (non-hydrogen) atoms. The summed E-state index contributed by atoms with van der Waals surface area (Å²) in [4.78, 5) is 15.8. The van der Waals surface area contributed by atoms with Crippen LogP contribution in [0, 0.1) is 5.82 Å². The zero-order valence-electron chi connectivity index (χ0n) is 10.1. The van der Waals surface area contributed by atoms with E-state index in [-0.39, 0.29) is 24.8 Å². The number of amides is 1. The Morgan fingerprint density at radius 1 is 1.26 bits per heavy atom. The lowest BCUT2D eigenvalue weighted by Crippen LogP contribution is -2.16. The number of aliphatic hydroxyl groups excluding tert-OH is 1. The van der Waals surface area contributed by atoms with Crippen molar-refractivity contribution in [1.29, 1.82) is 0 Å². The number of hydrogen-bond acceptors (Lipinski definition) is 3. The van der Waals surface area contributed by atoms with Gasteiger partial charge in [-0.1, -0.05) is 18.2 Å². The van der Waals surface area contributed by atoms with E-state index in [9.17, 15) is 9.18 Å². The van der Waals surface area contributed by atoms with Crippen LogP contribution >= 0.6 is 0 Å². The van der Waals surface area contributed by atoms with Gasteiger partial charge in [0.25, 0.3) is 0 Å². The van der Waals surface area contributed by atoms with E-state index in [2.05, 4.69) is 10.3 Å². The summed E-state index contributed by atoms with van der Waals surface area (Å²) in [6, 6.07) is 9.09. The minimum Gasteiger partial charge on any atom is -0.392 e. The van der Waals surface area contributed by atoms with Gasteiger partial charge < -0.3 is 10.4 Å². The highest BCUT2D eigenvalue weighted by molar-refractivity contribution is 5.91. The first-order valence-electron chi connectivity index (χ1n) is 5.78. The zero-order valence-corrected chi connectivity index (χ0v) is 10.1. The molecule has 0 fully saturated rings. The van der Waals surface area contributed by atoms with Gasteiger partial charge in [-0.15, -0.1) is 0 Å². The molecule has 0 saturated carbocycles. The molecule has 98 valence electrons. The molecule has 0 saturated heterocycles. The van der Waals surface area contributed by atoms with Crippen LogP contribution in [0.4, 0.5) is 10.2 Å². The number of rotatable bonds is 4. The number of aromatic nitrogens is 1. The molecule has 1 aromatic heterocycles. The molecule has 0 bridgehead atoms. The molecule has 1 aromatic carbocycles. The molecular formula is C14H13FN2O2. The number of nitrogens with zero attached hydrogens (tertiary/aromatic N) is 1. The van der Waals surface area contributed by atoms with E-state index < -0.39 is 0 Å². The molecule has 1 amide bonds. The standard InChI is InChI=1S/C14H13FN2O2/c15-12-5-3-10(4-6-12)8-13(19)17-14-11(9-18)2-1-7-16-14/h1-7,18H,8-9H2,(H,16,17,19). The average molecular weight is 260 g/mol. The van der Waals surface area contributed by atoms with E-state index in [1.807, 2.05) is 0 Å². The van der Waals surface area contributed by atoms with Gasteiger partial charge in [-0.3, -0.25) is 4.79 Å². The van der Waals surface area contributed by atoms with E-state index in [0.717, 1.165) is 0 Å². The Morgan fingerprint density at radius 3 is 2.68 bits per heavy atom. The molecule has 0 aliphatic heterocycles. The number of aliphatic hydroxyl groups is 1. The number of pyridine rings is 1. The lowest BCUT2D eigenvalue weighted by Gasteiger charge is -2.08. The third kappa shape index (κ3) is 3.59. The highest BCUT2D eigenvalue weighted by Gasteiger charge is 2.08. The lowest BCUT2D eigenvalue weighted by atomic mass is 10.1. The molecule has 0 atom stereocenters. The van der Waals surface area contributed by atoms with Crippen molar-refractivity contribution in [3.8, 4) is 0 Å². The summed E-state index contributed by atoms with van der Waals surface area (Å²) >= 11 is 0. The predicted molar refractivity (Wildman–Crippen MR) is 68.9 cm³/mol. The summed E-state index contributed by atoms with van der Waals surface area (Å²) in [5, 5.41) is 11.7. The van der Waals surface area contributed by atoms with Crippen LogP contribution < -0.4 is 5.32 Å². The number of anilines is 1. The van der Waals surface area contributed by atoms with Crippen molar-refractivity contribution in [2.45, 2.75) is 13.0 Å². The third-order valence-corrected chi connectivity index (χ3v) is 2.60. The number of carbonyl (C=O) groups excluding carboxylic acids is 1. The van der Waals surface area contributed by atoms with Crippen LogP contribution in [0.3, 0.4) is 0 Å². The summed E-state index contributed by atoms with van der Waals surface area (Å²) in [7, 11) is 0. The Hall–Kier alpha value is -2.27. The fourth-order valence-corrected chi connectivity index (χ4v) is 1.64. The van der Waals surface area contributed by atoms with E-state index in [4.69, 9.17) is 5.11 Å². The van der Waals surface area contributed by atoms with Gasteiger partial charge in [-0.05, 0) is 23.8 Å². The second-order valence-electron chi connectivity index (χ2n) is 4.02. The van der Waals surface area contributed by atoms with Gasteiger partial charge in [-0.25, -0.2) is 9.37 Å². The number of carbonyl (C=O) groups is 1. The van der Waals surface area contributed by atoms with Gasteiger partial charge in [0.15, 0.2) is 0 Å². The van der Waals surface area contributed by atoms with Gasteiger partial charge in [0.05, 0.1) is 13.0 Å². The monoisotopic (exact) mass is 260 g/mol. The summed E-state index contributed by atoms with van der Waals surface area (Å²) in [5.74, 6) is -0.256. The molecule has 2 aromatic rings. The Kier molecular flexibility index (Phi) is 4.20. The quantitative estimate of drug-likeness (QED) is 0.882. The van der Waals surface area contributed by atoms with Crippen molar-refractivity contribution in [2.24, 2.45) is 0 Å². The van der Waals surface area contributed by atoms with Crippen molar-refractivity contribution in [2.75, 3.05) is 5.32 Å². The van der Waals surface area contributed by atoms with Crippen molar-refractivity contribution in [1.82, 2.24) is 4.98 Å². The molecule has 0 unspecified atom stereocenters. The summed E-state index contributed by atoms with van der Waals surface area (Å²) in [5.41, 5.74) is 1.26. The molecule has 0 spiro atoms. The fraction of sp³-hybridized carbons (Fsp3) is 0.143.